The van der Waals surface area contributed by atoms with Gasteiger partial charge in [0.1, 0.15) is 0 Å². The van der Waals surface area contributed by atoms with Crippen LogP contribution in [-0.4, -0.2) is 11.1 Å². The Labute approximate surface area is 68.4 Å². The van der Waals surface area contributed by atoms with Crippen molar-refractivity contribution in [1.29, 1.82) is 0 Å². The number of carboxylic acid groups (broad SMARTS) is 1. The third-order valence-electron chi connectivity index (χ3n) is 1.45. The van der Waals surface area contributed by atoms with Gasteiger partial charge in [0.05, 0.1) is 0 Å². The normalized spacial score (nSPS) is 9.75. The van der Waals surface area contributed by atoms with Crippen molar-refractivity contribution < 1.29 is 14.3 Å². The van der Waals surface area contributed by atoms with Gasteiger partial charge in [-0.25, -0.2) is 9.59 Å². The molecule has 0 atom stereocenters. The lowest BCUT2D eigenvalue weighted by atomic mass is 10.2. The Morgan fingerprint density at radius 2 is 2.25 bits per heavy atom. The molecule has 0 aliphatic carbocycles. The average molecular weight is 168 g/mol. The van der Waals surface area contributed by atoms with Gasteiger partial charge in [0.25, 0.3) is 0 Å². The van der Waals surface area contributed by atoms with Crippen LogP contribution in [0.5, 0.6) is 0 Å². The van der Waals surface area contributed by atoms with Gasteiger partial charge in [-0.3, -0.25) is 0 Å². The van der Waals surface area contributed by atoms with E-state index in [4.69, 9.17) is 5.11 Å². The number of aromatic carboxylic acids is 1. The molecule has 4 nitrogen and oxygen atoms in total. The Morgan fingerprint density at radius 1 is 1.58 bits per heavy atom. The van der Waals surface area contributed by atoms with E-state index in [0.29, 0.717) is 12.0 Å². The third kappa shape index (κ3) is 1.72. The molecule has 0 amide bonds. The number of hydrogen-bond donors (Lipinski definition) is 1. The molecule has 64 valence electrons. The lowest BCUT2D eigenvalue weighted by molar-refractivity contribution is 0.0656. The van der Waals surface area contributed by atoms with Gasteiger partial charge < -0.3 is 9.52 Å². The zero-order valence-corrected chi connectivity index (χ0v) is 6.53. The van der Waals surface area contributed by atoms with Crippen molar-refractivity contribution in [2.75, 3.05) is 0 Å². The quantitative estimate of drug-likeness (QED) is 0.712. The minimum absolute atomic E-state index is 0.306. The summed E-state index contributed by atoms with van der Waals surface area (Å²) in [5.41, 5.74) is 0.0513. The Kier molecular flexibility index (Phi) is 2.28. The van der Waals surface area contributed by atoms with Gasteiger partial charge in [0.2, 0.25) is 5.76 Å². The molecule has 1 N–H and O–H groups in total. The largest absolute Gasteiger partial charge is 0.475 e. The van der Waals surface area contributed by atoms with E-state index in [1.165, 1.54) is 12.1 Å². The summed E-state index contributed by atoms with van der Waals surface area (Å²) in [4.78, 5) is 21.1. The molecular formula is C8H8O4. The molecule has 1 aromatic rings. The van der Waals surface area contributed by atoms with Crippen molar-refractivity contribution in [3.8, 4) is 0 Å². The maximum absolute atomic E-state index is 10.7. The molecule has 0 aromatic carbocycles. The van der Waals surface area contributed by atoms with Crippen LogP contribution in [0.3, 0.4) is 0 Å². The molecule has 1 heterocycles. The van der Waals surface area contributed by atoms with E-state index in [0.717, 1.165) is 0 Å². The monoisotopic (exact) mass is 168 g/mol. The molecule has 0 saturated heterocycles. The van der Waals surface area contributed by atoms with Crippen molar-refractivity contribution in [2.24, 2.45) is 0 Å². The van der Waals surface area contributed by atoms with Crippen LogP contribution in [-0.2, 0) is 6.42 Å². The first-order valence-corrected chi connectivity index (χ1v) is 3.51. The van der Waals surface area contributed by atoms with Gasteiger partial charge in [-0.15, -0.1) is 0 Å². The lowest BCUT2D eigenvalue weighted by Crippen LogP contribution is -2.06. The maximum atomic E-state index is 10.7. The molecule has 0 aliphatic rings. The number of carbonyl (C=O) groups is 1. The number of aryl methyl sites for hydroxylation is 1. The molecule has 0 unspecified atom stereocenters. The number of rotatable bonds is 2. The molecule has 0 aliphatic heterocycles. The first-order valence-electron chi connectivity index (χ1n) is 3.51. The highest BCUT2D eigenvalue weighted by Gasteiger charge is 2.07. The molecule has 0 spiro atoms. The van der Waals surface area contributed by atoms with E-state index in [9.17, 15) is 9.59 Å². The lowest BCUT2D eigenvalue weighted by Gasteiger charge is -1.95. The summed E-state index contributed by atoms with van der Waals surface area (Å²) < 4.78 is 4.43. The highest BCUT2D eigenvalue weighted by atomic mass is 16.4. The van der Waals surface area contributed by atoms with Crippen LogP contribution in [0, 0.1) is 0 Å². The van der Waals surface area contributed by atoms with Crippen LogP contribution in [0.4, 0.5) is 0 Å². The van der Waals surface area contributed by atoms with Gasteiger partial charge in [0, 0.05) is 6.07 Å². The average Bonchev–Trinajstić information content (AvgIpc) is 2.03. The summed E-state index contributed by atoms with van der Waals surface area (Å²) in [6.07, 6.45) is 0.617. The minimum Gasteiger partial charge on any atom is -0.475 e. The van der Waals surface area contributed by atoms with E-state index < -0.39 is 11.6 Å². The molecule has 1 rings (SSSR count). The summed E-state index contributed by atoms with van der Waals surface area (Å²) in [7, 11) is 0. The molecule has 12 heavy (non-hydrogen) atoms. The summed E-state index contributed by atoms with van der Waals surface area (Å²) in [5.74, 6) is -1.53. The second-order valence-corrected chi connectivity index (χ2v) is 2.31. The second-order valence-electron chi connectivity index (χ2n) is 2.31. The molecule has 0 saturated carbocycles. The minimum atomic E-state index is -1.22. The van der Waals surface area contributed by atoms with Gasteiger partial charge in [-0.05, 0) is 18.1 Å². The maximum Gasteiger partial charge on any atom is 0.371 e. The van der Waals surface area contributed by atoms with Gasteiger partial charge in [-0.2, -0.15) is 0 Å². The van der Waals surface area contributed by atoms with Crippen molar-refractivity contribution >= 4 is 5.97 Å². The fourth-order valence-corrected chi connectivity index (χ4v) is 0.838. The van der Waals surface area contributed by atoms with E-state index >= 15 is 0 Å². The number of hydrogen-bond acceptors (Lipinski definition) is 3. The van der Waals surface area contributed by atoms with Crippen LogP contribution in [0.2, 0.25) is 0 Å². The van der Waals surface area contributed by atoms with E-state index in [1.807, 2.05) is 6.92 Å². The molecule has 0 radical (unpaired) electrons. The van der Waals surface area contributed by atoms with E-state index in [1.54, 1.807) is 0 Å². The molecule has 0 bridgehead atoms. The van der Waals surface area contributed by atoms with Crippen LogP contribution >= 0.6 is 0 Å². The van der Waals surface area contributed by atoms with Crippen LogP contribution < -0.4 is 5.63 Å². The van der Waals surface area contributed by atoms with Crippen molar-refractivity contribution in [3.05, 3.63) is 33.9 Å². The molecule has 4 heteroatoms. The van der Waals surface area contributed by atoms with E-state index in [2.05, 4.69) is 4.42 Å². The topological polar surface area (TPSA) is 67.5 Å². The molecule has 0 fully saturated rings. The molecule has 1 aromatic heterocycles. The SMILES string of the molecule is CCc1cc(C(=O)O)oc(=O)c1. The predicted molar refractivity (Wildman–Crippen MR) is 41.3 cm³/mol. The first-order chi connectivity index (χ1) is 5.63. The van der Waals surface area contributed by atoms with Crippen LogP contribution in [0.15, 0.2) is 21.3 Å². The Bertz CT molecular complexity index is 350. The fraction of sp³-hybridized carbons (Fsp3) is 0.250. The fourth-order valence-electron chi connectivity index (χ4n) is 0.838. The first kappa shape index (κ1) is 8.52. The Hall–Kier alpha value is -1.58. The summed E-state index contributed by atoms with van der Waals surface area (Å²) in [6, 6.07) is 2.64. The smallest absolute Gasteiger partial charge is 0.371 e. The van der Waals surface area contributed by atoms with Gasteiger partial charge in [0.15, 0.2) is 0 Å². The van der Waals surface area contributed by atoms with Gasteiger partial charge >= 0.3 is 11.6 Å². The van der Waals surface area contributed by atoms with Crippen molar-refractivity contribution in [3.63, 3.8) is 0 Å². The summed E-state index contributed by atoms with van der Waals surface area (Å²) in [5, 5.41) is 8.50. The summed E-state index contributed by atoms with van der Waals surface area (Å²) in [6.45, 7) is 1.83. The zero-order chi connectivity index (χ0) is 9.14. The molecular weight excluding hydrogens is 160 g/mol. The highest BCUT2D eigenvalue weighted by Crippen LogP contribution is 2.01. The standard InChI is InChI=1S/C8H8O4/c1-2-5-3-6(8(10)11)12-7(9)4-5/h3-4H,2H2,1H3,(H,10,11). The van der Waals surface area contributed by atoms with Crippen molar-refractivity contribution in [1.82, 2.24) is 0 Å². The third-order valence-corrected chi connectivity index (χ3v) is 1.45. The second kappa shape index (κ2) is 3.21. The highest BCUT2D eigenvalue weighted by molar-refractivity contribution is 5.84. The zero-order valence-electron chi connectivity index (χ0n) is 6.53. The van der Waals surface area contributed by atoms with Gasteiger partial charge in [-0.1, -0.05) is 6.92 Å². The van der Waals surface area contributed by atoms with E-state index in [-0.39, 0.29) is 5.76 Å². The Morgan fingerprint density at radius 3 is 2.75 bits per heavy atom. The summed E-state index contributed by atoms with van der Waals surface area (Å²) >= 11 is 0. The van der Waals surface area contributed by atoms with Crippen LogP contribution in [0.25, 0.3) is 0 Å². The van der Waals surface area contributed by atoms with Crippen molar-refractivity contribution in [2.45, 2.75) is 13.3 Å². The number of carboxylic acids is 1. The predicted octanol–water partition coefficient (Wildman–Crippen LogP) is 0.900. The van der Waals surface area contributed by atoms with Crippen LogP contribution in [0.1, 0.15) is 23.0 Å². The Balaban J connectivity index is 3.24.